The summed E-state index contributed by atoms with van der Waals surface area (Å²) in [6.45, 7) is 0. The Morgan fingerprint density at radius 2 is 2.00 bits per heavy atom. The van der Waals surface area contributed by atoms with Crippen molar-refractivity contribution in [3.63, 3.8) is 0 Å². The van der Waals surface area contributed by atoms with E-state index in [1.165, 1.54) is 18.3 Å². The van der Waals surface area contributed by atoms with Crippen LogP contribution in [0.2, 0.25) is 0 Å². The molecule has 1 heterocycles. The lowest BCUT2D eigenvalue weighted by molar-refractivity contribution is -0.145. The fraction of sp³-hybridized carbons (Fsp3) is 0.200. The van der Waals surface area contributed by atoms with Crippen LogP contribution in [0.4, 0.5) is 0 Å². The van der Waals surface area contributed by atoms with E-state index in [4.69, 9.17) is 10.2 Å². The molecule has 0 saturated heterocycles. The molecule has 0 spiro atoms. The molecule has 1 amide bonds. The van der Waals surface area contributed by atoms with Crippen molar-refractivity contribution in [1.82, 2.24) is 10.3 Å². The summed E-state index contributed by atoms with van der Waals surface area (Å²) in [4.78, 5) is 36.3. The van der Waals surface area contributed by atoms with Gasteiger partial charge in [-0.2, -0.15) is 0 Å². The zero-order valence-corrected chi connectivity index (χ0v) is 9.03. The predicted octanol–water partition coefficient (Wildman–Crippen LogP) is -0.555. The van der Waals surface area contributed by atoms with Gasteiger partial charge in [0.25, 0.3) is 5.91 Å². The van der Waals surface area contributed by atoms with Crippen LogP contribution in [0.15, 0.2) is 18.3 Å². The number of aromatic hydroxyl groups is 1. The summed E-state index contributed by atoms with van der Waals surface area (Å²) in [7, 11) is 0. The summed E-state index contributed by atoms with van der Waals surface area (Å²) in [5.74, 6) is -4.23. The zero-order valence-electron chi connectivity index (χ0n) is 9.03. The van der Waals surface area contributed by atoms with Gasteiger partial charge in [0.15, 0.2) is 5.69 Å². The van der Waals surface area contributed by atoms with Crippen LogP contribution < -0.4 is 5.32 Å². The minimum atomic E-state index is -1.59. The normalized spacial score (nSPS) is 11.6. The maximum absolute atomic E-state index is 11.6. The number of pyridine rings is 1. The Labute approximate surface area is 101 Å². The highest BCUT2D eigenvalue weighted by Crippen LogP contribution is 2.12. The zero-order chi connectivity index (χ0) is 13.7. The van der Waals surface area contributed by atoms with Crippen LogP contribution in [-0.4, -0.2) is 44.2 Å². The van der Waals surface area contributed by atoms with E-state index in [1.54, 1.807) is 0 Å². The Hall–Kier alpha value is -2.64. The number of carbonyl (C=O) groups excluding carboxylic acids is 1. The van der Waals surface area contributed by atoms with E-state index in [-0.39, 0.29) is 5.69 Å². The second-order valence-corrected chi connectivity index (χ2v) is 3.33. The number of aliphatic carboxylic acids is 2. The van der Waals surface area contributed by atoms with Gasteiger partial charge in [-0.05, 0) is 12.1 Å². The van der Waals surface area contributed by atoms with Crippen LogP contribution in [0.25, 0.3) is 0 Å². The molecule has 1 aromatic rings. The number of carboxylic acids is 2. The molecule has 96 valence electrons. The van der Waals surface area contributed by atoms with Crippen molar-refractivity contribution < 1.29 is 29.7 Å². The first-order valence-electron chi connectivity index (χ1n) is 4.81. The summed E-state index contributed by atoms with van der Waals surface area (Å²) >= 11 is 0. The third kappa shape index (κ3) is 3.44. The first-order valence-corrected chi connectivity index (χ1v) is 4.81. The van der Waals surface area contributed by atoms with Crippen molar-refractivity contribution in [2.24, 2.45) is 0 Å². The summed E-state index contributed by atoms with van der Waals surface area (Å²) in [5.41, 5.74) is -0.367. The molecule has 8 heteroatoms. The molecule has 0 radical (unpaired) electrons. The van der Waals surface area contributed by atoms with Crippen LogP contribution in [-0.2, 0) is 9.59 Å². The van der Waals surface area contributed by atoms with Crippen LogP contribution in [0.1, 0.15) is 16.9 Å². The number of carboxylic acid groups (broad SMARTS) is 2. The van der Waals surface area contributed by atoms with Crippen LogP contribution in [0.5, 0.6) is 5.75 Å². The second kappa shape index (κ2) is 5.62. The van der Waals surface area contributed by atoms with Crippen molar-refractivity contribution in [3.05, 3.63) is 24.0 Å². The third-order valence-electron chi connectivity index (χ3n) is 1.98. The molecule has 0 aliphatic carbocycles. The SMILES string of the molecule is O=C(O)C[C@H](NC(=O)c1ncccc1O)C(=O)O. The highest BCUT2D eigenvalue weighted by Gasteiger charge is 2.25. The molecule has 0 unspecified atom stereocenters. The molecule has 0 aliphatic heterocycles. The van der Waals surface area contributed by atoms with Gasteiger partial charge in [0.1, 0.15) is 11.8 Å². The van der Waals surface area contributed by atoms with Crippen LogP contribution in [0, 0.1) is 0 Å². The number of carbonyl (C=O) groups is 3. The van der Waals surface area contributed by atoms with Crippen molar-refractivity contribution in [2.75, 3.05) is 0 Å². The third-order valence-corrected chi connectivity index (χ3v) is 1.98. The van der Waals surface area contributed by atoms with E-state index in [0.717, 1.165) is 0 Å². The summed E-state index contributed by atoms with van der Waals surface area (Å²) in [6.07, 6.45) is 0.469. The first kappa shape index (κ1) is 13.4. The molecule has 0 bridgehead atoms. The van der Waals surface area contributed by atoms with Gasteiger partial charge in [-0.1, -0.05) is 0 Å². The van der Waals surface area contributed by atoms with Gasteiger partial charge in [0.2, 0.25) is 0 Å². The maximum atomic E-state index is 11.6. The van der Waals surface area contributed by atoms with Crippen molar-refractivity contribution in [3.8, 4) is 5.75 Å². The summed E-state index contributed by atoms with van der Waals surface area (Å²) < 4.78 is 0. The fourth-order valence-electron chi connectivity index (χ4n) is 1.17. The summed E-state index contributed by atoms with van der Waals surface area (Å²) in [6, 6.07) is 1.00. The number of rotatable bonds is 5. The van der Waals surface area contributed by atoms with Gasteiger partial charge >= 0.3 is 11.9 Å². The second-order valence-electron chi connectivity index (χ2n) is 3.33. The van der Waals surface area contributed by atoms with Crippen LogP contribution >= 0.6 is 0 Å². The lowest BCUT2D eigenvalue weighted by Gasteiger charge is -2.12. The molecule has 4 N–H and O–H groups in total. The number of aromatic nitrogens is 1. The first-order chi connectivity index (χ1) is 8.41. The van der Waals surface area contributed by atoms with E-state index < -0.39 is 36.1 Å². The molecule has 1 atom stereocenters. The van der Waals surface area contributed by atoms with Gasteiger partial charge < -0.3 is 20.6 Å². The smallest absolute Gasteiger partial charge is 0.326 e. The van der Waals surface area contributed by atoms with Crippen LogP contribution in [0.3, 0.4) is 0 Å². The monoisotopic (exact) mass is 254 g/mol. The van der Waals surface area contributed by atoms with Crippen molar-refractivity contribution >= 4 is 17.8 Å². The molecule has 1 rings (SSSR count). The minimum Gasteiger partial charge on any atom is -0.505 e. The lowest BCUT2D eigenvalue weighted by Crippen LogP contribution is -2.42. The van der Waals surface area contributed by atoms with E-state index in [2.05, 4.69) is 4.98 Å². The fourth-order valence-corrected chi connectivity index (χ4v) is 1.17. The standard InChI is InChI=1S/C10H10N2O6/c13-6-2-1-3-11-8(6)9(16)12-5(10(17)18)4-7(14)15/h1-3,5,13H,4H2,(H,12,16)(H,14,15)(H,17,18)/t5-/m0/s1. The number of amides is 1. The Morgan fingerprint density at radius 3 is 2.50 bits per heavy atom. The molecule has 8 nitrogen and oxygen atoms in total. The van der Waals surface area contributed by atoms with Gasteiger partial charge in [0.05, 0.1) is 6.42 Å². The van der Waals surface area contributed by atoms with Gasteiger partial charge in [-0.25, -0.2) is 9.78 Å². The van der Waals surface area contributed by atoms with E-state index in [9.17, 15) is 19.5 Å². The van der Waals surface area contributed by atoms with Gasteiger partial charge in [-0.15, -0.1) is 0 Å². The Morgan fingerprint density at radius 1 is 1.33 bits per heavy atom. The number of nitrogens with zero attached hydrogens (tertiary/aromatic N) is 1. The van der Waals surface area contributed by atoms with Crippen molar-refractivity contribution in [1.29, 1.82) is 0 Å². The molecular weight excluding hydrogens is 244 g/mol. The topological polar surface area (TPSA) is 137 Å². The maximum Gasteiger partial charge on any atom is 0.326 e. The average Bonchev–Trinajstić information content (AvgIpc) is 2.27. The summed E-state index contributed by atoms with van der Waals surface area (Å²) in [5, 5.41) is 28.5. The Balaban J connectivity index is 2.82. The molecular formula is C10H10N2O6. The van der Waals surface area contributed by atoms with Gasteiger partial charge in [0, 0.05) is 6.20 Å². The molecule has 0 aliphatic rings. The molecule has 0 saturated carbocycles. The molecule has 0 fully saturated rings. The number of hydrogen-bond donors (Lipinski definition) is 4. The molecule has 1 aromatic heterocycles. The largest absolute Gasteiger partial charge is 0.505 e. The highest BCUT2D eigenvalue weighted by atomic mass is 16.4. The average molecular weight is 254 g/mol. The molecule has 0 aromatic carbocycles. The molecule has 18 heavy (non-hydrogen) atoms. The van der Waals surface area contributed by atoms with Gasteiger partial charge in [-0.3, -0.25) is 9.59 Å². The quantitative estimate of drug-likeness (QED) is 0.553. The van der Waals surface area contributed by atoms with E-state index in [1.807, 2.05) is 5.32 Å². The number of nitrogens with one attached hydrogen (secondary N) is 1. The number of hydrogen-bond acceptors (Lipinski definition) is 5. The Kier molecular flexibility index (Phi) is 4.19. The van der Waals surface area contributed by atoms with E-state index in [0.29, 0.717) is 0 Å². The minimum absolute atomic E-state index is 0.367. The van der Waals surface area contributed by atoms with E-state index >= 15 is 0 Å². The lowest BCUT2D eigenvalue weighted by atomic mass is 10.2. The Bertz CT molecular complexity index is 487. The predicted molar refractivity (Wildman–Crippen MR) is 57.0 cm³/mol. The highest BCUT2D eigenvalue weighted by molar-refractivity contribution is 5.97. The van der Waals surface area contributed by atoms with Crippen molar-refractivity contribution in [2.45, 2.75) is 12.5 Å².